The molecule has 0 radical (unpaired) electrons. The van der Waals surface area contributed by atoms with E-state index < -0.39 is 0 Å². The first kappa shape index (κ1) is 13.7. The molecular formula is C20H20O. The summed E-state index contributed by atoms with van der Waals surface area (Å²) in [6, 6.07) is 12.7. The molecule has 0 N–H and O–H groups in total. The Morgan fingerprint density at radius 3 is 2.57 bits per heavy atom. The molecule has 0 fully saturated rings. The van der Waals surface area contributed by atoms with E-state index in [1.807, 2.05) is 13.0 Å². The fourth-order valence-electron chi connectivity index (χ4n) is 2.77. The first-order valence-electron chi connectivity index (χ1n) is 7.36. The Morgan fingerprint density at radius 1 is 1.10 bits per heavy atom. The van der Waals surface area contributed by atoms with E-state index in [4.69, 9.17) is 4.42 Å². The molecule has 3 aromatic rings. The molecule has 0 atom stereocenters. The van der Waals surface area contributed by atoms with Crippen LogP contribution < -0.4 is 0 Å². The van der Waals surface area contributed by atoms with E-state index >= 15 is 0 Å². The Kier molecular flexibility index (Phi) is 3.42. The van der Waals surface area contributed by atoms with Gasteiger partial charge in [-0.3, -0.25) is 0 Å². The standard InChI is InChI=1S/C20H20O/c1-5-15(13(2)3)12-19-14(4)21-20-17-9-7-6-8-16(17)10-11-18(19)20/h5-13H,1H2,2-4H3/b15-12+. The van der Waals surface area contributed by atoms with E-state index in [9.17, 15) is 0 Å². The van der Waals surface area contributed by atoms with E-state index in [2.05, 4.69) is 62.9 Å². The van der Waals surface area contributed by atoms with E-state index in [0.29, 0.717) is 5.92 Å². The van der Waals surface area contributed by atoms with Crippen molar-refractivity contribution in [2.45, 2.75) is 20.8 Å². The topological polar surface area (TPSA) is 13.1 Å². The lowest BCUT2D eigenvalue weighted by molar-refractivity contribution is 0.580. The molecular weight excluding hydrogens is 256 g/mol. The fourth-order valence-corrected chi connectivity index (χ4v) is 2.77. The van der Waals surface area contributed by atoms with Gasteiger partial charge < -0.3 is 4.42 Å². The highest BCUT2D eigenvalue weighted by molar-refractivity contribution is 6.07. The van der Waals surface area contributed by atoms with Crippen molar-refractivity contribution >= 4 is 27.8 Å². The molecule has 1 aromatic heterocycles. The molecule has 0 aliphatic rings. The number of hydrogen-bond donors (Lipinski definition) is 0. The van der Waals surface area contributed by atoms with Gasteiger partial charge in [-0.2, -0.15) is 0 Å². The number of furan rings is 1. The van der Waals surface area contributed by atoms with Gasteiger partial charge in [0.1, 0.15) is 11.3 Å². The molecule has 0 bridgehead atoms. The van der Waals surface area contributed by atoms with Gasteiger partial charge >= 0.3 is 0 Å². The Bertz CT molecular complexity index is 847. The maximum absolute atomic E-state index is 6.06. The molecule has 0 spiro atoms. The van der Waals surface area contributed by atoms with Gasteiger partial charge in [-0.25, -0.2) is 0 Å². The highest BCUT2D eigenvalue weighted by atomic mass is 16.3. The zero-order valence-electron chi connectivity index (χ0n) is 12.8. The van der Waals surface area contributed by atoms with Crippen molar-refractivity contribution in [3.8, 4) is 0 Å². The fraction of sp³-hybridized carbons (Fsp3) is 0.200. The molecule has 0 aliphatic carbocycles. The van der Waals surface area contributed by atoms with Crippen molar-refractivity contribution in [3.63, 3.8) is 0 Å². The second-order valence-electron chi connectivity index (χ2n) is 5.74. The molecule has 1 heterocycles. The smallest absolute Gasteiger partial charge is 0.142 e. The highest BCUT2D eigenvalue weighted by Gasteiger charge is 2.12. The van der Waals surface area contributed by atoms with Crippen LogP contribution in [0.25, 0.3) is 27.8 Å². The molecule has 106 valence electrons. The largest absolute Gasteiger partial charge is 0.460 e. The van der Waals surface area contributed by atoms with Gasteiger partial charge in [0.25, 0.3) is 0 Å². The molecule has 0 saturated heterocycles. The third-order valence-electron chi connectivity index (χ3n) is 4.02. The first-order chi connectivity index (χ1) is 10.1. The van der Waals surface area contributed by atoms with Crippen LogP contribution in [0.2, 0.25) is 0 Å². The van der Waals surface area contributed by atoms with Crippen LogP contribution in [0.3, 0.4) is 0 Å². The Balaban J connectivity index is 2.32. The van der Waals surface area contributed by atoms with Gasteiger partial charge in [0.05, 0.1) is 0 Å². The second kappa shape index (κ2) is 5.25. The van der Waals surface area contributed by atoms with Gasteiger partial charge in [-0.15, -0.1) is 0 Å². The summed E-state index contributed by atoms with van der Waals surface area (Å²) in [6.07, 6.45) is 4.14. The normalized spacial score (nSPS) is 12.5. The maximum Gasteiger partial charge on any atom is 0.142 e. The zero-order valence-corrected chi connectivity index (χ0v) is 12.8. The number of allylic oxidation sites excluding steroid dienone is 2. The van der Waals surface area contributed by atoms with Crippen LogP contribution in [-0.2, 0) is 0 Å². The minimum Gasteiger partial charge on any atom is -0.460 e. The Labute approximate surface area is 125 Å². The van der Waals surface area contributed by atoms with Crippen molar-refractivity contribution < 1.29 is 4.42 Å². The summed E-state index contributed by atoms with van der Waals surface area (Å²) in [4.78, 5) is 0. The van der Waals surface area contributed by atoms with Crippen LogP contribution in [-0.4, -0.2) is 0 Å². The number of aryl methyl sites for hydroxylation is 1. The monoisotopic (exact) mass is 276 g/mol. The summed E-state index contributed by atoms with van der Waals surface area (Å²) in [5.41, 5.74) is 3.37. The molecule has 1 heteroatoms. The molecule has 0 unspecified atom stereocenters. The van der Waals surface area contributed by atoms with Gasteiger partial charge in [-0.1, -0.05) is 56.8 Å². The Hall–Kier alpha value is -2.28. The van der Waals surface area contributed by atoms with Crippen LogP contribution in [0.5, 0.6) is 0 Å². The summed E-state index contributed by atoms with van der Waals surface area (Å²) in [7, 11) is 0. The summed E-state index contributed by atoms with van der Waals surface area (Å²) >= 11 is 0. The van der Waals surface area contributed by atoms with Crippen LogP contribution in [0, 0.1) is 12.8 Å². The maximum atomic E-state index is 6.06. The minimum absolute atomic E-state index is 0.451. The summed E-state index contributed by atoms with van der Waals surface area (Å²) in [5, 5.41) is 3.55. The number of fused-ring (bicyclic) bond motifs is 3. The zero-order chi connectivity index (χ0) is 15.0. The van der Waals surface area contributed by atoms with Crippen molar-refractivity contribution in [2.24, 2.45) is 5.92 Å². The van der Waals surface area contributed by atoms with E-state index in [1.165, 1.54) is 27.3 Å². The van der Waals surface area contributed by atoms with Crippen molar-refractivity contribution in [1.82, 2.24) is 0 Å². The molecule has 2 aromatic carbocycles. The van der Waals surface area contributed by atoms with E-state index in [1.54, 1.807) is 0 Å². The lowest BCUT2D eigenvalue weighted by atomic mass is 9.98. The summed E-state index contributed by atoms with van der Waals surface area (Å²) in [6.45, 7) is 10.3. The van der Waals surface area contributed by atoms with Gasteiger partial charge in [-0.05, 0) is 35.9 Å². The average molecular weight is 276 g/mol. The van der Waals surface area contributed by atoms with E-state index in [0.717, 1.165) is 11.3 Å². The highest BCUT2D eigenvalue weighted by Crippen LogP contribution is 2.33. The Morgan fingerprint density at radius 2 is 1.86 bits per heavy atom. The van der Waals surface area contributed by atoms with Crippen molar-refractivity contribution in [2.75, 3.05) is 0 Å². The lowest BCUT2D eigenvalue weighted by Crippen LogP contribution is -1.90. The first-order valence-corrected chi connectivity index (χ1v) is 7.36. The predicted octanol–water partition coefficient (Wildman–Crippen LogP) is 6.12. The third-order valence-corrected chi connectivity index (χ3v) is 4.02. The third kappa shape index (κ3) is 2.29. The van der Waals surface area contributed by atoms with Crippen LogP contribution in [0.15, 0.2) is 59.0 Å². The molecule has 0 aliphatic heterocycles. The SMILES string of the molecule is C=C/C(=C\c1c(C)oc2c1ccc1ccccc12)C(C)C. The molecule has 0 amide bonds. The number of hydrogen-bond acceptors (Lipinski definition) is 1. The van der Waals surface area contributed by atoms with E-state index in [-0.39, 0.29) is 0 Å². The van der Waals surface area contributed by atoms with Crippen molar-refractivity contribution in [1.29, 1.82) is 0 Å². The molecule has 0 saturated carbocycles. The number of rotatable bonds is 3. The lowest BCUT2D eigenvalue weighted by Gasteiger charge is -2.05. The van der Waals surface area contributed by atoms with Crippen LogP contribution in [0.1, 0.15) is 25.2 Å². The molecule has 1 nitrogen and oxygen atoms in total. The van der Waals surface area contributed by atoms with Crippen molar-refractivity contribution in [3.05, 3.63) is 65.9 Å². The number of benzene rings is 2. The van der Waals surface area contributed by atoms with Gasteiger partial charge in [0.15, 0.2) is 0 Å². The summed E-state index contributed by atoms with van der Waals surface area (Å²) in [5.74, 6) is 1.41. The van der Waals surface area contributed by atoms with Gasteiger partial charge in [0.2, 0.25) is 0 Å². The van der Waals surface area contributed by atoms with Crippen LogP contribution in [0.4, 0.5) is 0 Å². The minimum atomic E-state index is 0.451. The average Bonchev–Trinajstić information content (AvgIpc) is 2.80. The predicted molar refractivity (Wildman–Crippen MR) is 91.5 cm³/mol. The molecule has 21 heavy (non-hydrogen) atoms. The second-order valence-corrected chi connectivity index (χ2v) is 5.74. The quantitative estimate of drug-likeness (QED) is 0.525. The van der Waals surface area contributed by atoms with Crippen LogP contribution >= 0.6 is 0 Å². The van der Waals surface area contributed by atoms with Gasteiger partial charge in [0, 0.05) is 16.3 Å². The molecule has 3 rings (SSSR count). The summed E-state index contributed by atoms with van der Waals surface area (Å²) < 4.78 is 6.06.